The standard InChI is InChI=1S/C14H9OS.U/c1-9-5-4-7-11-13(15)10-6-2-3-8-12(10)16-14(9)11;/h2-6,8H,1H3;/q-1;+2. The number of fused-ring (bicyclic) bond motifs is 2. The number of hydrogen-bond donors (Lipinski definition) is 0. The van der Waals surface area contributed by atoms with Gasteiger partial charge in [-0.15, -0.1) is 23.8 Å². The molecule has 0 amide bonds. The maximum Gasteiger partial charge on any atom is 2.00 e. The summed E-state index contributed by atoms with van der Waals surface area (Å²) in [5.74, 6) is 0. The van der Waals surface area contributed by atoms with Gasteiger partial charge in [0, 0.05) is 4.70 Å². The smallest absolute Gasteiger partial charge is 0.346 e. The van der Waals surface area contributed by atoms with Crippen LogP contribution >= 0.6 is 11.3 Å². The van der Waals surface area contributed by atoms with Gasteiger partial charge in [0.05, 0.1) is 0 Å². The van der Waals surface area contributed by atoms with Crippen LogP contribution in [-0.4, -0.2) is 0 Å². The molecule has 0 bridgehead atoms. The zero-order valence-electron chi connectivity index (χ0n) is 9.28. The molecule has 0 saturated carbocycles. The minimum Gasteiger partial charge on any atom is -0.346 e. The summed E-state index contributed by atoms with van der Waals surface area (Å²) in [5, 5.41) is 1.51. The molecule has 17 heavy (non-hydrogen) atoms. The largest absolute Gasteiger partial charge is 2.00 e. The Bertz CT molecular complexity index is 746. The Morgan fingerprint density at radius 1 is 1.18 bits per heavy atom. The van der Waals surface area contributed by atoms with Crippen LogP contribution in [0.1, 0.15) is 5.56 Å². The van der Waals surface area contributed by atoms with Gasteiger partial charge < -0.3 is 4.79 Å². The van der Waals surface area contributed by atoms with E-state index >= 15 is 0 Å². The molecular formula is C14H9OSU+. The summed E-state index contributed by atoms with van der Waals surface area (Å²) < 4.78 is 2.09. The minimum atomic E-state index is 0. The molecule has 0 N–H and O–H groups in total. The summed E-state index contributed by atoms with van der Waals surface area (Å²) in [7, 11) is 0. The first kappa shape index (κ1) is 12.8. The Morgan fingerprint density at radius 2 is 1.94 bits per heavy atom. The van der Waals surface area contributed by atoms with Crippen molar-refractivity contribution in [2.24, 2.45) is 0 Å². The summed E-state index contributed by atoms with van der Waals surface area (Å²) in [4.78, 5) is 12.2. The van der Waals surface area contributed by atoms with E-state index in [0.717, 1.165) is 20.3 Å². The van der Waals surface area contributed by atoms with Crippen LogP contribution < -0.4 is 5.43 Å². The van der Waals surface area contributed by atoms with Crippen LogP contribution in [0, 0.1) is 44.1 Å². The maximum absolute atomic E-state index is 12.2. The molecule has 1 nitrogen and oxygen atoms in total. The SMILES string of the molecule is Cc1cc[c-]c2c(=O)c3ccccc3sc12.[U+2]. The van der Waals surface area contributed by atoms with E-state index in [1.165, 1.54) is 0 Å². The predicted molar refractivity (Wildman–Crippen MR) is 69.2 cm³/mol. The van der Waals surface area contributed by atoms with Gasteiger partial charge in [0.2, 0.25) is 0 Å². The summed E-state index contributed by atoms with van der Waals surface area (Å²) in [5.41, 5.74) is 1.23. The summed E-state index contributed by atoms with van der Waals surface area (Å²) in [6, 6.07) is 14.6. The van der Waals surface area contributed by atoms with Gasteiger partial charge in [-0.05, 0) is 16.2 Å². The molecule has 1 heterocycles. The van der Waals surface area contributed by atoms with E-state index in [4.69, 9.17) is 0 Å². The molecule has 3 rings (SSSR count). The molecule has 0 aliphatic carbocycles. The van der Waals surface area contributed by atoms with Crippen LogP contribution in [0.25, 0.3) is 20.2 Å². The summed E-state index contributed by atoms with van der Waals surface area (Å²) >= 11 is 1.66. The molecule has 0 atom stereocenters. The zero-order valence-corrected chi connectivity index (χ0v) is 14.3. The minimum absolute atomic E-state index is 0. The van der Waals surface area contributed by atoms with Crippen LogP contribution in [0.2, 0.25) is 0 Å². The first-order chi connectivity index (χ1) is 7.77. The fourth-order valence-electron chi connectivity index (χ4n) is 1.88. The van der Waals surface area contributed by atoms with Crippen LogP contribution in [0.3, 0.4) is 0 Å². The predicted octanol–water partition coefficient (Wildman–Crippen LogP) is 3.52. The van der Waals surface area contributed by atoms with Crippen molar-refractivity contribution in [3.05, 3.63) is 58.3 Å². The van der Waals surface area contributed by atoms with Crippen molar-refractivity contribution in [3.63, 3.8) is 0 Å². The second-order valence-corrected chi connectivity index (χ2v) is 4.84. The fourth-order valence-corrected chi connectivity index (χ4v) is 3.00. The first-order valence-electron chi connectivity index (χ1n) is 5.10. The van der Waals surface area contributed by atoms with E-state index in [2.05, 4.69) is 6.07 Å². The first-order valence-corrected chi connectivity index (χ1v) is 5.92. The third-order valence-electron chi connectivity index (χ3n) is 2.72. The van der Waals surface area contributed by atoms with Gasteiger partial charge in [0.15, 0.2) is 0 Å². The van der Waals surface area contributed by atoms with Crippen LogP contribution in [0.15, 0.2) is 41.2 Å². The number of hydrogen-bond acceptors (Lipinski definition) is 2. The molecule has 0 unspecified atom stereocenters. The second-order valence-electron chi connectivity index (χ2n) is 3.79. The molecule has 0 aliphatic heterocycles. The van der Waals surface area contributed by atoms with Gasteiger partial charge in [0.1, 0.15) is 5.43 Å². The molecule has 3 aromatic rings. The van der Waals surface area contributed by atoms with Crippen molar-refractivity contribution >= 4 is 31.5 Å². The van der Waals surface area contributed by atoms with E-state index in [9.17, 15) is 4.79 Å². The van der Waals surface area contributed by atoms with Gasteiger partial charge in [0.25, 0.3) is 0 Å². The average molecular weight is 463 g/mol. The third-order valence-corrected chi connectivity index (χ3v) is 4.02. The van der Waals surface area contributed by atoms with Crippen molar-refractivity contribution in [1.82, 2.24) is 0 Å². The van der Waals surface area contributed by atoms with Crippen LogP contribution in [0.4, 0.5) is 0 Å². The van der Waals surface area contributed by atoms with Gasteiger partial charge in [-0.2, -0.15) is 11.3 Å². The summed E-state index contributed by atoms with van der Waals surface area (Å²) in [6.07, 6.45) is 0. The quantitative estimate of drug-likeness (QED) is 0.369. The Morgan fingerprint density at radius 3 is 2.76 bits per heavy atom. The number of aryl methyl sites for hydroxylation is 1. The van der Waals surface area contributed by atoms with Crippen molar-refractivity contribution in [2.75, 3.05) is 0 Å². The number of rotatable bonds is 0. The van der Waals surface area contributed by atoms with E-state index in [1.54, 1.807) is 11.3 Å². The Kier molecular flexibility index (Phi) is 3.73. The van der Waals surface area contributed by atoms with E-state index in [1.807, 2.05) is 43.3 Å². The fraction of sp³-hybridized carbons (Fsp3) is 0.0714. The van der Waals surface area contributed by atoms with Crippen molar-refractivity contribution in [2.45, 2.75) is 6.92 Å². The molecule has 1 aromatic heterocycles. The molecule has 0 saturated heterocycles. The second kappa shape index (κ2) is 4.94. The molecule has 2 aromatic carbocycles. The Balaban J connectivity index is 0.00000108. The third kappa shape index (κ3) is 2.08. The maximum atomic E-state index is 12.2. The zero-order chi connectivity index (χ0) is 11.1. The van der Waals surface area contributed by atoms with Crippen molar-refractivity contribution < 1.29 is 31.1 Å². The molecule has 0 fully saturated rings. The van der Waals surface area contributed by atoms with Crippen LogP contribution in [0.5, 0.6) is 0 Å². The molecular weight excluding hydrogens is 454 g/mol. The Labute approximate surface area is 127 Å². The van der Waals surface area contributed by atoms with Gasteiger partial charge in [-0.1, -0.05) is 30.5 Å². The van der Waals surface area contributed by atoms with Gasteiger partial charge >= 0.3 is 31.1 Å². The van der Waals surface area contributed by atoms with E-state index in [-0.39, 0.29) is 36.5 Å². The van der Waals surface area contributed by atoms with Gasteiger partial charge in [-0.25, -0.2) is 0 Å². The average Bonchev–Trinajstić information content (AvgIpc) is 2.31. The van der Waals surface area contributed by atoms with Crippen molar-refractivity contribution in [3.8, 4) is 0 Å². The molecule has 0 aliphatic rings. The molecule has 3 heteroatoms. The molecule has 0 spiro atoms. The van der Waals surface area contributed by atoms with Crippen LogP contribution in [-0.2, 0) is 0 Å². The normalized spacial score (nSPS) is 10.4. The van der Waals surface area contributed by atoms with E-state index < -0.39 is 0 Å². The molecule has 0 radical (unpaired) electrons. The summed E-state index contributed by atoms with van der Waals surface area (Å²) in [6.45, 7) is 2.03. The van der Waals surface area contributed by atoms with Gasteiger partial charge in [-0.3, -0.25) is 0 Å². The molecule has 80 valence electrons. The Hall–Kier alpha value is -0.618. The number of benzene rings is 2. The topological polar surface area (TPSA) is 17.1 Å². The monoisotopic (exact) mass is 463 g/mol. The van der Waals surface area contributed by atoms with E-state index in [0.29, 0.717) is 5.39 Å². The van der Waals surface area contributed by atoms with Crippen molar-refractivity contribution in [1.29, 1.82) is 0 Å².